The number of non-ortho nitro benzene ring substituents is 1. The maximum absolute atomic E-state index is 13.4. The number of nitro groups is 1. The van der Waals surface area contributed by atoms with Crippen LogP contribution in [-0.2, 0) is 21.0 Å². The molecule has 32 heavy (non-hydrogen) atoms. The molecule has 0 aromatic heterocycles. The van der Waals surface area contributed by atoms with Crippen LogP contribution in [0.25, 0.3) is 0 Å². The van der Waals surface area contributed by atoms with Gasteiger partial charge in [0.25, 0.3) is 11.6 Å². The third kappa shape index (κ3) is 3.30. The average molecular weight is 429 g/mol. The van der Waals surface area contributed by atoms with E-state index in [1.807, 2.05) is 60.7 Å². The van der Waals surface area contributed by atoms with Crippen molar-refractivity contribution in [2.45, 2.75) is 18.7 Å². The summed E-state index contributed by atoms with van der Waals surface area (Å²) in [5, 5.41) is 12.7. The van der Waals surface area contributed by atoms with Crippen LogP contribution in [0.2, 0.25) is 0 Å². The molecule has 0 unspecified atom stereocenters. The van der Waals surface area contributed by atoms with Crippen LogP contribution in [0.5, 0.6) is 0 Å². The lowest BCUT2D eigenvalue weighted by molar-refractivity contribution is -0.384. The van der Waals surface area contributed by atoms with Gasteiger partial charge in [-0.15, -0.1) is 0 Å². The van der Waals surface area contributed by atoms with E-state index in [1.165, 1.54) is 22.1 Å². The van der Waals surface area contributed by atoms with Crippen LogP contribution in [-0.4, -0.2) is 27.7 Å². The van der Waals surface area contributed by atoms with Crippen molar-refractivity contribution in [1.29, 1.82) is 0 Å². The number of rotatable bonds is 5. The van der Waals surface area contributed by atoms with Crippen molar-refractivity contribution in [3.63, 3.8) is 0 Å². The Balaban J connectivity index is 1.53. The Morgan fingerprint density at radius 1 is 0.875 bits per heavy atom. The molecule has 2 fully saturated rings. The molecule has 0 aliphatic carbocycles. The van der Waals surface area contributed by atoms with Gasteiger partial charge >= 0.3 is 0 Å². The minimum Gasteiger partial charge on any atom is -0.275 e. The summed E-state index contributed by atoms with van der Waals surface area (Å²) in [7, 11) is 0. The zero-order valence-electron chi connectivity index (χ0n) is 16.9. The second kappa shape index (κ2) is 7.90. The van der Waals surface area contributed by atoms with Gasteiger partial charge < -0.3 is 0 Å². The zero-order chi connectivity index (χ0) is 22.2. The molecule has 0 saturated carbocycles. The zero-order valence-corrected chi connectivity index (χ0v) is 16.9. The number of nitro benzene ring substituents is 1. The molecular weight excluding hydrogens is 410 g/mol. The summed E-state index contributed by atoms with van der Waals surface area (Å²) >= 11 is 0. The SMILES string of the molecule is O=C1[C@H]2[C@H](ON(c3cccc([N+](=O)[O-])c3)[C@@H]2c2ccccc2)C(=O)N1Cc1ccccc1. The van der Waals surface area contributed by atoms with E-state index in [9.17, 15) is 19.7 Å². The van der Waals surface area contributed by atoms with Crippen LogP contribution in [0.4, 0.5) is 11.4 Å². The molecule has 2 amide bonds. The van der Waals surface area contributed by atoms with E-state index in [1.54, 1.807) is 12.1 Å². The number of benzene rings is 3. The molecule has 3 atom stereocenters. The quantitative estimate of drug-likeness (QED) is 0.349. The van der Waals surface area contributed by atoms with Crippen LogP contribution in [0.3, 0.4) is 0 Å². The molecule has 0 radical (unpaired) electrons. The molecule has 2 saturated heterocycles. The highest BCUT2D eigenvalue weighted by atomic mass is 16.7. The number of carbonyl (C=O) groups is 2. The van der Waals surface area contributed by atoms with E-state index in [4.69, 9.17) is 4.84 Å². The second-order valence-electron chi connectivity index (χ2n) is 7.76. The fourth-order valence-electron chi connectivity index (χ4n) is 4.35. The van der Waals surface area contributed by atoms with Gasteiger partial charge in [0, 0.05) is 12.1 Å². The molecule has 8 heteroatoms. The summed E-state index contributed by atoms with van der Waals surface area (Å²) in [6.45, 7) is 0.174. The van der Waals surface area contributed by atoms with E-state index in [0.29, 0.717) is 5.69 Å². The van der Waals surface area contributed by atoms with Gasteiger partial charge in [0.2, 0.25) is 5.91 Å². The number of anilines is 1. The molecule has 8 nitrogen and oxygen atoms in total. The fraction of sp³-hybridized carbons (Fsp3) is 0.167. The highest BCUT2D eigenvalue weighted by Gasteiger charge is 2.59. The molecule has 0 spiro atoms. The second-order valence-corrected chi connectivity index (χ2v) is 7.76. The number of likely N-dealkylation sites (tertiary alicyclic amines) is 1. The monoisotopic (exact) mass is 429 g/mol. The van der Waals surface area contributed by atoms with Crippen LogP contribution in [0, 0.1) is 16.0 Å². The normalized spacial score (nSPS) is 22.3. The molecule has 3 aromatic carbocycles. The summed E-state index contributed by atoms with van der Waals surface area (Å²) in [6, 6.07) is 24.0. The van der Waals surface area contributed by atoms with Gasteiger partial charge in [0.15, 0.2) is 6.10 Å². The molecule has 160 valence electrons. The molecule has 2 aliphatic heterocycles. The van der Waals surface area contributed by atoms with Crippen molar-refractivity contribution < 1.29 is 19.3 Å². The third-order valence-corrected chi connectivity index (χ3v) is 5.83. The largest absolute Gasteiger partial charge is 0.275 e. The Morgan fingerprint density at radius 2 is 1.56 bits per heavy atom. The van der Waals surface area contributed by atoms with Crippen molar-refractivity contribution in [2.75, 3.05) is 5.06 Å². The van der Waals surface area contributed by atoms with E-state index in [0.717, 1.165) is 11.1 Å². The summed E-state index contributed by atoms with van der Waals surface area (Å²) < 4.78 is 0. The maximum atomic E-state index is 13.4. The number of hydrogen-bond acceptors (Lipinski definition) is 6. The predicted molar refractivity (Wildman–Crippen MR) is 115 cm³/mol. The smallest absolute Gasteiger partial charge is 0.271 e. The minimum atomic E-state index is -0.990. The first-order valence-electron chi connectivity index (χ1n) is 10.2. The topological polar surface area (TPSA) is 93.0 Å². The van der Waals surface area contributed by atoms with Crippen LogP contribution in [0.15, 0.2) is 84.9 Å². The van der Waals surface area contributed by atoms with Crippen molar-refractivity contribution in [2.24, 2.45) is 5.92 Å². The first kappa shape index (κ1) is 19.9. The lowest BCUT2D eigenvalue weighted by atomic mass is 9.90. The molecular formula is C24H19N3O5. The van der Waals surface area contributed by atoms with Gasteiger partial charge in [-0.1, -0.05) is 66.7 Å². The van der Waals surface area contributed by atoms with Gasteiger partial charge in [0.05, 0.1) is 23.2 Å². The van der Waals surface area contributed by atoms with Gasteiger partial charge in [0.1, 0.15) is 5.92 Å². The number of carbonyl (C=O) groups excluding carboxylic acids is 2. The number of hydrogen-bond donors (Lipinski definition) is 0. The van der Waals surface area contributed by atoms with Gasteiger partial charge in [-0.3, -0.25) is 29.4 Å². The van der Waals surface area contributed by atoms with E-state index in [2.05, 4.69) is 0 Å². The molecule has 2 heterocycles. The van der Waals surface area contributed by atoms with Crippen molar-refractivity contribution in [1.82, 2.24) is 4.90 Å². The standard InChI is InChI=1S/C24H19N3O5/c28-23-20-21(17-10-5-2-6-11-17)26(18-12-7-13-19(14-18)27(30)31)32-22(20)24(29)25(23)15-16-8-3-1-4-9-16/h1-14,20-22H,15H2/t20-,21-,22+/m1/s1. The summed E-state index contributed by atoms with van der Waals surface area (Å²) in [6.07, 6.45) is -0.990. The summed E-state index contributed by atoms with van der Waals surface area (Å²) in [4.78, 5) is 44.6. The molecule has 5 rings (SSSR count). The molecule has 0 N–H and O–H groups in total. The third-order valence-electron chi connectivity index (χ3n) is 5.83. The predicted octanol–water partition coefficient (Wildman–Crippen LogP) is 3.64. The van der Waals surface area contributed by atoms with Crippen molar-refractivity contribution in [3.05, 3.63) is 106 Å². The lowest BCUT2D eigenvalue weighted by Crippen LogP contribution is -2.36. The van der Waals surface area contributed by atoms with E-state index < -0.39 is 28.9 Å². The number of nitrogens with zero attached hydrogens (tertiary/aromatic N) is 3. The maximum Gasteiger partial charge on any atom is 0.271 e. The lowest BCUT2D eigenvalue weighted by Gasteiger charge is -2.28. The Kier molecular flexibility index (Phi) is 4.91. The Morgan fingerprint density at radius 3 is 2.25 bits per heavy atom. The first-order chi connectivity index (χ1) is 15.5. The number of imide groups is 1. The van der Waals surface area contributed by atoms with Gasteiger partial charge in [-0.2, -0.15) is 0 Å². The van der Waals surface area contributed by atoms with Crippen LogP contribution < -0.4 is 5.06 Å². The first-order valence-corrected chi connectivity index (χ1v) is 10.2. The molecule has 2 aliphatic rings. The van der Waals surface area contributed by atoms with Crippen LogP contribution in [0.1, 0.15) is 17.2 Å². The highest BCUT2D eigenvalue weighted by Crippen LogP contribution is 2.47. The number of fused-ring (bicyclic) bond motifs is 1. The molecule has 0 bridgehead atoms. The summed E-state index contributed by atoms with van der Waals surface area (Å²) in [5.74, 6) is -1.48. The Bertz CT molecular complexity index is 1180. The summed E-state index contributed by atoms with van der Waals surface area (Å²) in [5.41, 5.74) is 1.95. The molecule has 3 aromatic rings. The van der Waals surface area contributed by atoms with E-state index >= 15 is 0 Å². The van der Waals surface area contributed by atoms with Crippen molar-refractivity contribution >= 4 is 23.2 Å². The number of amides is 2. The highest BCUT2D eigenvalue weighted by molar-refractivity contribution is 6.07. The van der Waals surface area contributed by atoms with Gasteiger partial charge in [-0.25, -0.2) is 5.06 Å². The average Bonchev–Trinajstić information content (AvgIpc) is 3.32. The van der Waals surface area contributed by atoms with Crippen molar-refractivity contribution in [3.8, 4) is 0 Å². The van der Waals surface area contributed by atoms with E-state index in [-0.39, 0.29) is 18.1 Å². The Labute approximate surface area is 183 Å². The number of hydroxylamine groups is 1. The minimum absolute atomic E-state index is 0.0988. The fourth-order valence-corrected chi connectivity index (χ4v) is 4.35. The Hall–Kier alpha value is -4.04. The van der Waals surface area contributed by atoms with Gasteiger partial charge in [-0.05, 0) is 17.2 Å². The van der Waals surface area contributed by atoms with Crippen LogP contribution >= 0.6 is 0 Å².